The molecule has 0 atom stereocenters. The highest BCUT2D eigenvalue weighted by molar-refractivity contribution is 6.87. The lowest BCUT2D eigenvalue weighted by molar-refractivity contribution is 0.296. The number of unbranched alkanes of at least 4 members (excludes halogenated alkanes) is 7. The summed E-state index contributed by atoms with van der Waals surface area (Å²) in [6.45, 7) is 7.22. The van der Waals surface area contributed by atoms with Crippen molar-refractivity contribution >= 4 is 31.5 Å². The van der Waals surface area contributed by atoms with Gasteiger partial charge in [-0.3, -0.25) is 0 Å². The van der Waals surface area contributed by atoms with Crippen molar-refractivity contribution in [3.8, 4) is 0 Å². The van der Waals surface area contributed by atoms with Gasteiger partial charge in [-0.05, 0) is 19.5 Å². The third kappa shape index (κ3) is 10.4. The first kappa shape index (κ1) is 17.8. The molecular weight excluding hydrogens is 271 g/mol. The maximum absolute atomic E-state index is 5.88. The molecule has 0 N–H and O–H groups in total. The summed E-state index contributed by atoms with van der Waals surface area (Å²) in [6, 6.07) is 0. The Morgan fingerprint density at radius 3 is 1.82 bits per heavy atom. The molecule has 0 aliphatic rings. The summed E-state index contributed by atoms with van der Waals surface area (Å²) in [4.78, 5) is 0. The minimum Gasteiger partial charge on any atom is -0.415 e. The Hall–Kier alpha value is 0.757. The molecule has 1 nitrogen and oxygen atoms in total. The standard InChI is InChI=1S/C13H28Cl2OSi/c1-4-5-6-7-8-9-10-11-12-16-17(2,3)13(14)15/h13H,4-12H2,1-3H3. The second-order valence-electron chi connectivity index (χ2n) is 5.23. The van der Waals surface area contributed by atoms with E-state index in [1.54, 1.807) is 0 Å². The minimum atomic E-state index is -1.84. The summed E-state index contributed by atoms with van der Waals surface area (Å²) in [5, 5.41) is 0. The van der Waals surface area contributed by atoms with Crippen molar-refractivity contribution in [2.24, 2.45) is 0 Å². The smallest absolute Gasteiger partial charge is 0.220 e. The minimum absolute atomic E-state index is 0.323. The number of halogens is 2. The van der Waals surface area contributed by atoms with Crippen LogP contribution in [0, 0.1) is 0 Å². The van der Waals surface area contributed by atoms with E-state index in [0.717, 1.165) is 13.0 Å². The van der Waals surface area contributed by atoms with Crippen LogP contribution in [0.2, 0.25) is 13.1 Å². The van der Waals surface area contributed by atoms with Crippen molar-refractivity contribution in [2.75, 3.05) is 6.61 Å². The average Bonchev–Trinajstić information content (AvgIpc) is 2.26. The maximum atomic E-state index is 5.88. The molecule has 0 unspecified atom stereocenters. The highest BCUT2D eigenvalue weighted by Crippen LogP contribution is 2.20. The van der Waals surface area contributed by atoms with E-state index in [9.17, 15) is 0 Å². The van der Waals surface area contributed by atoms with Crippen LogP contribution in [-0.2, 0) is 4.43 Å². The van der Waals surface area contributed by atoms with Gasteiger partial charge in [-0.1, -0.05) is 51.9 Å². The molecule has 0 aliphatic carbocycles. The molecule has 0 amide bonds. The quantitative estimate of drug-likeness (QED) is 0.270. The van der Waals surface area contributed by atoms with Gasteiger partial charge in [0.2, 0.25) is 8.32 Å². The van der Waals surface area contributed by atoms with Crippen molar-refractivity contribution in [2.45, 2.75) is 75.8 Å². The van der Waals surface area contributed by atoms with Crippen molar-refractivity contribution < 1.29 is 4.43 Å². The zero-order chi connectivity index (χ0) is 13.1. The van der Waals surface area contributed by atoms with Gasteiger partial charge in [0, 0.05) is 6.61 Å². The maximum Gasteiger partial charge on any atom is 0.220 e. The van der Waals surface area contributed by atoms with E-state index < -0.39 is 8.32 Å². The van der Waals surface area contributed by atoms with Gasteiger partial charge in [-0.25, -0.2) is 0 Å². The van der Waals surface area contributed by atoms with Gasteiger partial charge in [0.15, 0.2) is 0 Å². The summed E-state index contributed by atoms with van der Waals surface area (Å²) in [7, 11) is -1.84. The Kier molecular flexibility index (Phi) is 11.1. The fraction of sp³-hybridized carbons (Fsp3) is 1.00. The van der Waals surface area contributed by atoms with Crippen LogP contribution in [0.25, 0.3) is 0 Å². The molecule has 0 heterocycles. The highest BCUT2D eigenvalue weighted by Gasteiger charge is 2.30. The third-order valence-corrected chi connectivity index (χ3v) is 8.15. The van der Waals surface area contributed by atoms with Crippen LogP contribution in [0.1, 0.15) is 58.3 Å². The molecule has 4 heteroatoms. The summed E-state index contributed by atoms with van der Waals surface area (Å²) >= 11 is 11.8. The Bertz CT molecular complexity index is 175. The number of alkyl halides is 2. The highest BCUT2D eigenvalue weighted by atomic mass is 35.5. The van der Waals surface area contributed by atoms with Crippen LogP contribution < -0.4 is 0 Å². The third-order valence-electron chi connectivity index (χ3n) is 3.00. The fourth-order valence-corrected chi connectivity index (χ4v) is 2.81. The summed E-state index contributed by atoms with van der Waals surface area (Å²) in [5.74, 6) is 0. The second-order valence-corrected chi connectivity index (χ2v) is 11.1. The zero-order valence-corrected chi connectivity index (χ0v) is 14.1. The van der Waals surface area contributed by atoms with E-state index in [4.69, 9.17) is 27.6 Å². The van der Waals surface area contributed by atoms with Crippen molar-refractivity contribution in [1.29, 1.82) is 0 Å². The van der Waals surface area contributed by atoms with Crippen LogP contribution in [0.15, 0.2) is 0 Å². The Balaban J connectivity index is 3.24. The van der Waals surface area contributed by atoms with Gasteiger partial charge < -0.3 is 4.43 Å². The van der Waals surface area contributed by atoms with Crippen LogP contribution in [-0.4, -0.2) is 19.4 Å². The Morgan fingerprint density at radius 2 is 1.35 bits per heavy atom. The molecule has 17 heavy (non-hydrogen) atoms. The molecule has 0 bridgehead atoms. The van der Waals surface area contributed by atoms with Crippen molar-refractivity contribution in [3.63, 3.8) is 0 Å². The summed E-state index contributed by atoms with van der Waals surface area (Å²) in [5.41, 5.74) is 0. The normalized spacial score (nSPS) is 12.4. The lowest BCUT2D eigenvalue weighted by atomic mass is 10.1. The van der Waals surface area contributed by atoms with Crippen LogP contribution in [0.5, 0.6) is 0 Å². The molecule has 0 rings (SSSR count). The predicted octanol–water partition coefficient (Wildman–Crippen LogP) is 5.69. The number of hydrogen-bond donors (Lipinski definition) is 0. The lowest BCUT2D eigenvalue weighted by Gasteiger charge is -2.23. The Morgan fingerprint density at radius 1 is 0.882 bits per heavy atom. The van der Waals surface area contributed by atoms with Crippen LogP contribution >= 0.6 is 23.2 Å². The Labute approximate surface area is 118 Å². The lowest BCUT2D eigenvalue weighted by Crippen LogP contribution is -2.38. The first-order valence-electron chi connectivity index (χ1n) is 6.93. The molecule has 0 saturated heterocycles. The number of hydrogen-bond acceptors (Lipinski definition) is 1. The average molecular weight is 299 g/mol. The second kappa shape index (κ2) is 10.7. The molecule has 0 aromatic rings. The van der Waals surface area contributed by atoms with E-state index in [2.05, 4.69) is 20.0 Å². The van der Waals surface area contributed by atoms with Gasteiger partial charge in [0.05, 0.1) is 0 Å². The monoisotopic (exact) mass is 298 g/mol. The zero-order valence-electron chi connectivity index (χ0n) is 11.6. The molecule has 0 aromatic carbocycles. The molecule has 104 valence electrons. The summed E-state index contributed by atoms with van der Waals surface area (Å²) < 4.78 is 5.49. The first-order chi connectivity index (χ1) is 8.00. The first-order valence-corrected chi connectivity index (χ1v) is 10.8. The fourth-order valence-electron chi connectivity index (χ4n) is 1.63. The SMILES string of the molecule is CCCCCCCCCCO[Si](C)(C)C(Cl)Cl. The van der Waals surface area contributed by atoms with E-state index in [-0.39, 0.29) is 4.46 Å². The molecule has 0 saturated carbocycles. The number of rotatable bonds is 11. The molecule has 0 aromatic heterocycles. The van der Waals surface area contributed by atoms with Gasteiger partial charge >= 0.3 is 0 Å². The predicted molar refractivity (Wildman–Crippen MR) is 81.5 cm³/mol. The largest absolute Gasteiger partial charge is 0.415 e. The molecule has 0 aliphatic heterocycles. The van der Waals surface area contributed by atoms with E-state index in [0.29, 0.717) is 0 Å². The van der Waals surface area contributed by atoms with Gasteiger partial charge in [-0.15, -0.1) is 23.2 Å². The van der Waals surface area contributed by atoms with Crippen molar-refractivity contribution in [1.82, 2.24) is 0 Å². The van der Waals surface area contributed by atoms with Gasteiger partial charge in [0.25, 0.3) is 0 Å². The van der Waals surface area contributed by atoms with E-state index in [1.165, 1.54) is 44.9 Å². The summed E-state index contributed by atoms with van der Waals surface area (Å²) in [6.07, 6.45) is 10.6. The van der Waals surface area contributed by atoms with Gasteiger partial charge in [0.1, 0.15) is 4.46 Å². The van der Waals surface area contributed by atoms with Crippen LogP contribution in [0.3, 0.4) is 0 Å². The molecule has 0 fully saturated rings. The van der Waals surface area contributed by atoms with Crippen LogP contribution in [0.4, 0.5) is 0 Å². The molecule has 0 radical (unpaired) electrons. The van der Waals surface area contributed by atoms with E-state index >= 15 is 0 Å². The van der Waals surface area contributed by atoms with Gasteiger partial charge in [-0.2, -0.15) is 0 Å². The molecular formula is C13H28Cl2OSi. The molecule has 0 spiro atoms. The van der Waals surface area contributed by atoms with E-state index in [1.807, 2.05) is 0 Å². The van der Waals surface area contributed by atoms with Crippen molar-refractivity contribution in [3.05, 3.63) is 0 Å². The topological polar surface area (TPSA) is 9.23 Å².